The number of amides is 2. The Morgan fingerprint density at radius 1 is 1.37 bits per heavy atom. The molecular weight excluding hydrogens is 242 g/mol. The molecule has 1 saturated heterocycles. The molecule has 1 aliphatic rings. The average molecular weight is 269 g/mol. The van der Waals surface area contributed by atoms with Gasteiger partial charge in [-0.15, -0.1) is 0 Å². The summed E-state index contributed by atoms with van der Waals surface area (Å²) in [5.41, 5.74) is 0. The largest absolute Gasteiger partial charge is 0.354 e. The second-order valence-electron chi connectivity index (χ2n) is 5.97. The minimum Gasteiger partial charge on any atom is -0.354 e. The first kappa shape index (κ1) is 16.0. The van der Waals surface area contributed by atoms with Gasteiger partial charge in [0.1, 0.15) is 0 Å². The highest BCUT2D eigenvalue weighted by Gasteiger charge is 2.29. The quantitative estimate of drug-likeness (QED) is 0.748. The number of likely N-dealkylation sites (tertiary alicyclic amines) is 1. The summed E-state index contributed by atoms with van der Waals surface area (Å²) in [4.78, 5) is 25.6. The van der Waals surface area contributed by atoms with Crippen molar-refractivity contribution in [3.05, 3.63) is 0 Å². The third-order valence-corrected chi connectivity index (χ3v) is 3.11. The molecule has 19 heavy (non-hydrogen) atoms. The van der Waals surface area contributed by atoms with Gasteiger partial charge < -0.3 is 15.5 Å². The van der Waals surface area contributed by atoms with Crippen molar-refractivity contribution in [2.75, 3.05) is 19.6 Å². The van der Waals surface area contributed by atoms with E-state index in [4.69, 9.17) is 0 Å². The number of hydrogen-bond acceptors (Lipinski definition) is 3. The van der Waals surface area contributed by atoms with Crippen LogP contribution in [0.15, 0.2) is 0 Å². The van der Waals surface area contributed by atoms with E-state index in [9.17, 15) is 9.59 Å². The summed E-state index contributed by atoms with van der Waals surface area (Å²) in [6.07, 6.45) is 1.81. The molecule has 2 N–H and O–H groups in total. The van der Waals surface area contributed by atoms with Gasteiger partial charge in [0.05, 0.1) is 12.6 Å². The highest BCUT2D eigenvalue weighted by Crippen LogP contribution is 2.12. The Labute approximate surface area is 116 Å². The number of piperidine rings is 1. The van der Waals surface area contributed by atoms with E-state index in [1.54, 1.807) is 4.90 Å². The van der Waals surface area contributed by atoms with E-state index < -0.39 is 0 Å². The molecule has 0 aliphatic carbocycles. The van der Waals surface area contributed by atoms with Crippen molar-refractivity contribution in [3.63, 3.8) is 0 Å². The van der Waals surface area contributed by atoms with Crippen molar-refractivity contribution < 1.29 is 9.59 Å². The predicted octanol–water partition coefficient (Wildman–Crippen LogP) is 0.748. The number of hydrogen-bond donors (Lipinski definition) is 2. The summed E-state index contributed by atoms with van der Waals surface area (Å²) in [5, 5.41) is 6.11. The van der Waals surface area contributed by atoms with Gasteiger partial charge in [-0.1, -0.05) is 27.7 Å². The lowest BCUT2D eigenvalue weighted by Crippen LogP contribution is -2.54. The van der Waals surface area contributed by atoms with Crippen molar-refractivity contribution in [3.8, 4) is 0 Å². The minimum absolute atomic E-state index is 0.0552. The molecule has 0 spiro atoms. The van der Waals surface area contributed by atoms with Crippen molar-refractivity contribution in [1.29, 1.82) is 0 Å². The molecule has 1 unspecified atom stereocenters. The molecule has 1 atom stereocenters. The fourth-order valence-corrected chi connectivity index (χ4v) is 2.20. The van der Waals surface area contributed by atoms with Crippen LogP contribution >= 0.6 is 0 Å². The monoisotopic (exact) mass is 269 g/mol. The van der Waals surface area contributed by atoms with Gasteiger partial charge >= 0.3 is 0 Å². The molecule has 5 nitrogen and oxygen atoms in total. The summed E-state index contributed by atoms with van der Waals surface area (Å²) in [6, 6.07) is 0.148. The Balaban J connectivity index is 2.44. The normalized spacial score (nSPS) is 20.2. The van der Waals surface area contributed by atoms with Gasteiger partial charge in [0.15, 0.2) is 0 Å². The van der Waals surface area contributed by atoms with Crippen LogP contribution in [0, 0.1) is 5.92 Å². The lowest BCUT2D eigenvalue weighted by Gasteiger charge is -2.33. The smallest absolute Gasteiger partial charge is 0.240 e. The maximum Gasteiger partial charge on any atom is 0.240 e. The maximum absolute atomic E-state index is 12.2. The Bertz CT molecular complexity index is 316. The molecule has 0 saturated carbocycles. The highest BCUT2D eigenvalue weighted by molar-refractivity contribution is 5.88. The molecule has 0 aromatic carbocycles. The molecule has 0 aromatic heterocycles. The van der Waals surface area contributed by atoms with Crippen LogP contribution in [-0.2, 0) is 9.59 Å². The van der Waals surface area contributed by atoms with Gasteiger partial charge in [0, 0.05) is 19.1 Å². The van der Waals surface area contributed by atoms with Crippen LogP contribution in [0.4, 0.5) is 0 Å². The number of carbonyl (C=O) groups excluding carboxylic acids is 2. The fourth-order valence-electron chi connectivity index (χ4n) is 2.20. The second kappa shape index (κ2) is 7.48. The maximum atomic E-state index is 12.2. The Morgan fingerprint density at radius 2 is 2.05 bits per heavy atom. The summed E-state index contributed by atoms with van der Waals surface area (Å²) >= 11 is 0. The molecule has 5 heteroatoms. The van der Waals surface area contributed by atoms with Crippen LogP contribution in [0.3, 0.4) is 0 Å². The predicted molar refractivity (Wildman–Crippen MR) is 75.7 cm³/mol. The van der Waals surface area contributed by atoms with Gasteiger partial charge in [-0.2, -0.15) is 0 Å². The SMILES string of the molecule is CC(C)CNC(=O)CN1CCCC(NC(C)C)C1=O. The summed E-state index contributed by atoms with van der Waals surface area (Å²) in [6.45, 7) is 9.69. The Hall–Kier alpha value is -1.10. The van der Waals surface area contributed by atoms with Crippen LogP contribution < -0.4 is 10.6 Å². The van der Waals surface area contributed by atoms with E-state index in [-0.39, 0.29) is 30.4 Å². The summed E-state index contributed by atoms with van der Waals surface area (Å²) < 4.78 is 0. The standard InChI is InChI=1S/C14H27N3O2/c1-10(2)8-15-13(18)9-17-7-5-6-12(14(17)19)16-11(3)4/h10-12,16H,5-9H2,1-4H3,(H,15,18). The highest BCUT2D eigenvalue weighted by atomic mass is 16.2. The Kier molecular flexibility index (Phi) is 6.28. The van der Waals surface area contributed by atoms with E-state index in [1.165, 1.54) is 0 Å². The summed E-state index contributed by atoms with van der Waals surface area (Å²) in [7, 11) is 0. The van der Waals surface area contributed by atoms with Gasteiger partial charge in [-0.05, 0) is 18.8 Å². The van der Waals surface area contributed by atoms with Crippen LogP contribution in [0.25, 0.3) is 0 Å². The van der Waals surface area contributed by atoms with E-state index in [0.29, 0.717) is 19.0 Å². The molecule has 0 radical (unpaired) electrons. The van der Waals surface area contributed by atoms with Crippen LogP contribution in [0.1, 0.15) is 40.5 Å². The molecule has 0 aromatic rings. The number of nitrogens with one attached hydrogen (secondary N) is 2. The first-order valence-corrected chi connectivity index (χ1v) is 7.21. The van der Waals surface area contributed by atoms with E-state index in [0.717, 1.165) is 12.8 Å². The van der Waals surface area contributed by atoms with Crippen molar-refractivity contribution in [2.45, 2.75) is 52.6 Å². The lowest BCUT2D eigenvalue weighted by molar-refractivity contribution is -0.140. The first-order valence-electron chi connectivity index (χ1n) is 7.21. The molecule has 0 bridgehead atoms. The van der Waals surface area contributed by atoms with E-state index in [2.05, 4.69) is 24.5 Å². The van der Waals surface area contributed by atoms with Crippen molar-refractivity contribution in [1.82, 2.24) is 15.5 Å². The van der Waals surface area contributed by atoms with E-state index in [1.807, 2.05) is 13.8 Å². The molecule has 1 fully saturated rings. The molecule has 110 valence electrons. The van der Waals surface area contributed by atoms with Crippen LogP contribution in [-0.4, -0.2) is 48.4 Å². The fraction of sp³-hybridized carbons (Fsp3) is 0.857. The minimum atomic E-state index is -0.133. The third kappa shape index (κ3) is 5.59. The zero-order valence-corrected chi connectivity index (χ0v) is 12.5. The Morgan fingerprint density at radius 3 is 2.63 bits per heavy atom. The van der Waals surface area contributed by atoms with E-state index >= 15 is 0 Å². The van der Waals surface area contributed by atoms with Crippen LogP contribution in [0.2, 0.25) is 0 Å². The molecule has 2 amide bonds. The topological polar surface area (TPSA) is 61.4 Å². The van der Waals surface area contributed by atoms with Gasteiger partial charge in [0.25, 0.3) is 0 Å². The average Bonchev–Trinajstić information content (AvgIpc) is 2.31. The van der Waals surface area contributed by atoms with Gasteiger partial charge in [-0.3, -0.25) is 9.59 Å². The number of nitrogens with zero attached hydrogens (tertiary/aromatic N) is 1. The van der Waals surface area contributed by atoms with Crippen molar-refractivity contribution >= 4 is 11.8 Å². The van der Waals surface area contributed by atoms with Crippen molar-refractivity contribution in [2.24, 2.45) is 5.92 Å². The van der Waals surface area contributed by atoms with Gasteiger partial charge in [-0.25, -0.2) is 0 Å². The third-order valence-electron chi connectivity index (χ3n) is 3.11. The number of carbonyl (C=O) groups is 2. The zero-order valence-electron chi connectivity index (χ0n) is 12.5. The molecule has 1 heterocycles. The zero-order chi connectivity index (χ0) is 14.4. The molecular formula is C14H27N3O2. The lowest BCUT2D eigenvalue weighted by atomic mass is 10.0. The van der Waals surface area contributed by atoms with Gasteiger partial charge in [0.2, 0.25) is 11.8 Å². The van der Waals surface area contributed by atoms with Crippen LogP contribution in [0.5, 0.6) is 0 Å². The summed E-state index contributed by atoms with van der Waals surface area (Å²) in [5.74, 6) is 0.420. The second-order valence-corrected chi connectivity index (χ2v) is 5.97. The molecule has 1 rings (SSSR count). The molecule has 1 aliphatic heterocycles. The number of rotatable bonds is 6. The first-order chi connectivity index (χ1) is 8.90.